The van der Waals surface area contributed by atoms with E-state index in [1.807, 2.05) is 6.07 Å². The van der Waals surface area contributed by atoms with Crippen LogP contribution in [0.4, 0.5) is 4.39 Å². The maximum absolute atomic E-state index is 14.1. The van der Waals surface area contributed by atoms with E-state index in [1.165, 1.54) is 18.9 Å². The summed E-state index contributed by atoms with van der Waals surface area (Å²) in [6, 6.07) is 5.14. The van der Waals surface area contributed by atoms with Crippen molar-refractivity contribution >= 4 is 36.4 Å². The Hall–Kier alpha value is -0.0600. The zero-order valence-corrected chi connectivity index (χ0v) is 13.5. The van der Waals surface area contributed by atoms with Gasteiger partial charge in [0.15, 0.2) is 0 Å². The van der Waals surface area contributed by atoms with Crippen LogP contribution < -0.4 is 5.32 Å². The lowest BCUT2D eigenvalue weighted by molar-refractivity contribution is 0.153. The van der Waals surface area contributed by atoms with Crippen LogP contribution in [0.5, 0.6) is 0 Å². The molecule has 1 heterocycles. The van der Waals surface area contributed by atoms with Gasteiger partial charge in [-0.3, -0.25) is 4.90 Å². The van der Waals surface area contributed by atoms with Crippen LogP contribution in [0.1, 0.15) is 24.4 Å². The molecule has 2 fully saturated rings. The van der Waals surface area contributed by atoms with Crippen molar-refractivity contribution in [2.45, 2.75) is 18.9 Å². The van der Waals surface area contributed by atoms with E-state index in [4.69, 9.17) is 11.6 Å². The number of piperazine rings is 1. The lowest BCUT2D eigenvalue weighted by atomic mass is 9.99. The lowest BCUT2D eigenvalue weighted by Gasteiger charge is -2.35. The molecule has 0 unspecified atom stereocenters. The highest BCUT2D eigenvalue weighted by atomic mass is 35.5. The summed E-state index contributed by atoms with van der Waals surface area (Å²) in [7, 11) is 0. The Morgan fingerprint density at radius 2 is 1.85 bits per heavy atom. The summed E-state index contributed by atoms with van der Waals surface area (Å²) in [5.41, 5.74) is 0.784. The van der Waals surface area contributed by atoms with E-state index in [-0.39, 0.29) is 36.7 Å². The number of rotatable bonds is 3. The van der Waals surface area contributed by atoms with Crippen molar-refractivity contribution in [1.29, 1.82) is 0 Å². The van der Waals surface area contributed by atoms with E-state index in [0.29, 0.717) is 10.9 Å². The first-order valence-corrected chi connectivity index (χ1v) is 7.03. The Morgan fingerprint density at radius 3 is 2.45 bits per heavy atom. The molecule has 20 heavy (non-hydrogen) atoms. The Morgan fingerprint density at radius 1 is 1.20 bits per heavy atom. The second kappa shape index (κ2) is 7.81. The van der Waals surface area contributed by atoms with Gasteiger partial charge >= 0.3 is 0 Å². The minimum absolute atomic E-state index is 0. The number of hydrogen-bond donors (Lipinski definition) is 1. The van der Waals surface area contributed by atoms with Crippen molar-refractivity contribution in [3.63, 3.8) is 0 Å². The topological polar surface area (TPSA) is 15.3 Å². The van der Waals surface area contributed by atoms with E-state index in [2.05, 4.69) is 10.2 Å². The zero-order chi connectivity index (χ0) is 12.5. The van der Waals surface area contributed by atoms with Gasteiger partial charge in [-0.15, -0.1) is 24.8 Å². The Kier molecular flexibility index (Phi) is 7.02. The predicted molar refractivity (Wildman–Crippen MR) is 85.8 cm³/mol. The first-order valence-electron chi connectivity index (χ1n) is 6.65. The van der Waals surface area contributed by atoms with Gasteiger partial charge in [0.1, 0.15) is 5.82 Å². The van der Waals surface area contributed by atoms with Gasteiger partial charge < -0.3 is 5.32 Å². The standard InChI is InChI=1S/C14H18ClFN2.2ClH/c15-11-3-4-13(16)12(9-11)14(10-1-2-10)18-7-5-17-6-8-18;;/h3-4,9-10,14,17H,1-2,5-8H2;2*1H/t14-;;/m0../s1. The van der Waals surface area contributed by atoms with Crippen molar-refractivity contribution < 1.29 is 4.39 Å². The van der Waals surface area contributed by atoms with Crippen LogP contribution in [0.25, 0.3) is 0 Å². The quantitative estimate of drug-likeness (QED) is 0.902. The minimum Gasteiger partial charge on any atom is -0.314 e. The molecule has 1 N–H and O–H groups in total. The first kappa shape index (κ1) is 18.0. The molecule has 1 atom stereocenters. The summed E-state index contributed by atoms with van der Waals surface area (Å²) in [6.07, 6.45) is 2.42. The van der Waals surface area contributed by atoms with Crippen molar-refractivity contribution in [2.75, 3.05) is 26.2 Å². The summed E-state index contributed by atoms with van der Waals surface area (Å²) in [5.74, 6) is 0.492. The molecule has 0 bridgehead atoms. The number of benzene rings is 1. The molecule has 2 nitrogen and oxygen atoms in total. The highest BCUT2D eigenvalue weighted by Crippen LogP contribution is 2.45. The van der Waals surface area contributed by atoms with Crippen molar-refractivity contribution in [3.05, 3.63) is 34.6 Å². The first-order chi connectivity index (χ1) is 8.75. The Balaban J connectivity index is 0.000001000. The molecule has 1 saturated carbocycles. The maximum Gasteiger partial charge on any atom is 0.128 e. The zero-order valence-electron chi connectivity index (χ0n) is 11.1. The molecule has 0 amide bonds. The number of halogens is 4. The van der Waals surface area contributed by atoms with Crippen LogP contribution >= 0.6 is 36.4 Å². The van der Waals surface area contributed by atoms with Gasteiger partial charge in [-0.1, -0.05) is 11.6 Å². The van der Waals surface area contributed by atoms with E-state index < -0.39 is 0 Å². The molecule has 6 heteroatoms. The second-order valence-electron chi connectivity index (χ2n) is 5.23. The summed E-state index contributed by atoms with van der Waals surface area (Å²) < 4.78 is 14.1. The van der Waals surface area contributed by atoms with E-state index >= 15 is 0 Å². The van der Waals surface area contributed by atoms with Crippen LogP contribution in [0.15, 0.2) is 18.2 Å². The molecule has 1 aromatic rings. The third kappa shape index (κ3) is 3.99. The van der Waals surface area contributed by atoms with Gasteiger partial charge in [-0.05, 0) is 37.0 Å². The van der Waals surface area contributed by atoms with Crippen LogP contribution in [0, 0.1) is 11.7 Å². The fourth-order valence-electron chi connectivity index (χ4n) is 2.86. The summed E-state index contributed by atoms with van der Waals surface area (Å²) >= 11 is 6.03. The molecule has 1 saturated heterocycles. The van der Waals surface area contributed by atoms with Gasteiger partial charge in [0, 0.05) is 42.8 Å². The van der Waals surface area contributed by atoms with Gasteiger partial charge in [-0.25, -0.2) is 4.39 Å². The van der Waals surface area contributed by atoms with Gasteiger partial charge in [0.2, 0.25) is 0 Å². The smallest absolute Gasteiger partial charge is 0.128 e. The minimum atomic E-state index is -0.116. The normalized spacial score (nSPS) is 20.7. The maximum atomic E-state index is 14.1. The van der Waals surface area contributed by atoms with Crippen LogP contribution in [-0.4, -0.2) is 31.1 Å². The molecule has 1 aromatic carbocycles. The van der Waals surface area contributed by atoms with E-state index in [0.717, 1.165) is 31.7 Å². The summed E-state index contributed by atoms with van der Waals surface area (Å²) in [6.45, 7) is 3.97. The third-order valence-electron chi connectivity index (χ3n) is 3.89. The summed E-state index contributed by atoms with van der Waals surface area (Å²) in [5, 5.41) is 3.98. The molecule has 0 aromatic heterocycles. The largest absolute Gasteiger partial charge is 0.314 e. The van der Waals surface area contributed by atoms with Crippen LogP contribution in [0.2, 0.25) is 5.02 Å². The third-order valence-corrected chi connectivity index (χ3v) is 4.13. The summed E-state index contributed by atoms with van der Waals surface area (Å²) in [4.78, 5) is 2.41. The van der Waals surface area contributed by atoms with Crippen molar-refractivity contribution in [1.82, 2.24) is 10.2 Å². The molecule has 0 radical (unpaired) electrons. The predicted octanol–water partition coefficient (Wildman–Crippen LogP) is 3.68. The Labute approximate surface area is 136 Å². The number of hydrogen-bond acceptors (Lipinski definition) is 2. The Bertz CT molecular complexity index is 434. The monoisotopic (exact) mass is 340 g/mol. The molecule has 1 aliphatic heterocycles. The van der Waals surface area contributed by atoms with Gasteiger partial charge in [0.05, 0.1) is 0 Å². The molecule has 1 aliphatic carbocycles. The number of nitrogens with zero attached hydrogens (tertiary/aromatic N) is 1. The fourth-order valence-corrected chi connectivity index (χ4v) is 3.04. The van der Waals surface area contributed by atoms with Crippen LogP contribution in [0.3, 0.4) is 0 Å². The van der Waals surface area contributed by atoms with Crippen LogP contribution in [-0.2, 0) is 0 Å². The van der Waals surface area contributed by atoms with Crippen molar-refractivity contribution in [3.8, 4) is 0 Å². The van der Waals surface area contributed by atoms with Gasteiger partial charge in [0.25, 0.3) is 0 Å². The van der Waals surface area contributed by atoms with Gasteiger partial charge in [-0.2, -0.15) is 0 Å². The highest BCUT2D eigenvalue weighted by molar-refractivity contribution is 6.30. The molecule has 114 valence electrons. The van der Waals surface area contributed by atoms with Crippen molar-refractivity contribution in [2.24, 2.45) is 5.92 Å². The SMILES string of the molecule is Cl.Cl.Fc1ccc(Cl)cc1[C@H](C1CC1)N1CCNCC1. The highest BCUT2D eigenvalue weighted by Gasteiger charge is 2.38. The number of nitrogens with one attached hydrogen (secondary N) is 1. The van der Waals surface area contributed by atoms with E-state index in [1.54, 1.807) is 6.07 Å². The lowest BCUT2D eigenvalue weighted by Crippen LogP contribution is -2.45. The fraction of sp³-hybridized carbons (Fsp3) is 0.571. The second-order valence-corrected chi connectivity index (χ2v) is 5.67. The molecule has 2 aliphatic rings. The average molecular weight is 342 g/mol. The molecule has 0 spiro atoms. The average Bonchev–Trinajstić information content (AvgIpc) is 3.20. The molecular formula is C14H20Cl3FN2. The van der Waals surface area contributed by atoms with E-state index in [9.17, 15) is 4.39 Å². The molecule has 3 rings (SSSR count). The molecular weight excluding hydrogens is 322 g/mol.